The smallest absolute Gasteiger partial charge is 0.340 e. The van der Waals surface area contributed by atoms with Crippen molar-refractivity contribution in [2.24, 2.45) is 0 Å². The molecule has 0 fully saturated rings. The van der Waals surface area contributed by atoms with E-state index in [1.54, 1.807) is 59.0 Å². The van der Waals surface area contributed by atoms with E-state index in [0.29, 0.717) is 34.6 Å². The highest BCUT2D eigenvalue weighted by Gasteiger charge is 2.23. The lowest BCUT2D eigenvalue weighted by Crippen LogP contribution is -2.24. The summed E-state index contributed by atoms with van der Waals surface area (Å²) >= 11 is 0. The zero-order chi connectivity index (χ0) is 20.1. The van der Waals surface area contributed by atoms with Crippen molar-refractivity contribution in [3.8, 4) is 0 Å². The Kier molecular flexibility index (Phi) is 6.39. The summed E-state index contributed by atoms with van der Waals surface area (Å²) in [5.74, 6) is -0.918. The van der Waals surface area contributed by atoms with Crippen molar-refractivity contribution < 1.29 is 19.1 Å². The molecule has 2 amide bonds. The van der Waals surface area contributed by atoms with Gasteiger partial charge in [-0.1, -0.05) is 12.1 Å². The molecule has 0 spiro atoms. The first-order valence-corrected chi connectivity index (χ1v) is 8.74. The second-order valence-electron chi connectivity index (χ2n) is 6.54. The lowest BCUT2D eigenvalue weighted by molar-refractivity contribution is 0.0376. The summed E-state index contributed by atoms with van der Waals surface area (Å²) in [6.45, 7) is 7.30. The quantitative estimate of drug-likeness (QED) is 0.679. The number of benzene rings is 1. The summed E-state index contributed by atoms with van der Waals surface area (Å²) in [6.07, 6.45) is -0.235. The molecule has 7 nitrogen and oxygen atoms in total. The number of amides is 2. The van der Waals surface area contributed by atoms with Crippen molar-refractivity contribution >= 4 is 17.8 Å². The number of H-pyrrole nitrogens is 1. The van der Waals surface area contributed by atoms with E-state index in [4.69, 9.17) is 4.74 Å². The molecule has 2 aromatic rings. The Morgan fingerprint density at radius 3 is 2.26 bits per heavy atom. The topological polar surface area (TPSA) is 100 Å². The van der Waals surface area contributed by atoms with Crippen LogP contribution in [0.1, 0.15) is 61.9 Å². The van der Waals surface area contributed by atoms with Crippen LogP contribution in [-0.4, -0.2) is 35.9 Å². The molecule has 0 bridgehead atoms. The number of aromatic amines is 1. The van der Waals surface area contributed by atoms with Crippen LogP contribution in [0.25, 0.3) is 0 Å². The molecule has 0 unspecified atom stereocenters. The van der Waals surface area contributed by atoms with E-state index in [2.05, 4.69) is 15.6 Å². The Morgan fingerprint density at radius 1 is 1.07 bits per heavy atom. The number of aryl methyl sites for hydroxylation is 1. The summed E-state index contributed by atoms with van der Waals surface area (Å²) in [5.41, 5.74) is 3.30. The second-order valence-corrected chi connectivity index (χ2v) is 6.54. The largest absolute Gasteiger partial charge is 0.459 e. The fourth-order valence-electron chi connectivity index (χ4n) is 2.75. The standard InChI is InChI=1S/C20H25N3O4/c1-11(2)27-20(26)16-12(3)17(23-13(16)4)19(25)22-10-14-6-8-15(9-7-14)18(24)21-5/h6-9,11,23H,10H2,1-5H3,(H,21,24)(H,22,25). The predicted octanol–water partition coefficient (Wildman–Crippen LogP) is 2.49. The highest BCUT2D eigenvalue weighted by molar-refractivity contribution is 6.00. The van der Waals surface area contributed by atoms with Crippen molar-refractivity contribution in [1.29, 1.82) is 0 Å². The fourth-order valence-corrected chi connectivity index (χ4v) is 2.75. The van der Waals surface area contributed by atoms with E-state index >= 15 is 0 Å². The van der Waals surface area contributed by atoms with E-state index in [-0.39, 0.29) is 17.9 Å². The summed E-state index contributed by atoms with van der Waals surface area (Å²) < 4.78 is 5.24. The Morgan fingerprint density at radius 2 is 1.70 bits per heavy atom. The van der Waals surface area contributed by atoms with Crippen LogP contribution in [0.15, 0.2) is 24.3 Å². The van der Waals surface area contributed by atoms with E-state index in [1.165, 1.54) is 0 Å². The van der Waals surface area contributed by atoms with Crippen molar-refractivity contribution in [2.45, 2.75) is 40.3 Å². The molecule has 1 aromatic carbocycles. The van der Waals surface area contributed by atoms with Gasteiger partial charge >= 0.3 is 5.97 Å². The van der Waals surface area contributed by atoms with Gasteiger partial charge in [0.05, 0.1) is 11.7 Å². The lowest BCUT2D eigenvalue weighted by atomic mass is 10.1. The average molecular weight is 371 g/mol. The Bertz CT molecular complexity index is 851. The first kappa shape index (κ1) is 20.2. The van der Waals surface area contributed by atoms with Crippen molar-refractivity contribution in [3.05, 3.63) is 57.9 Å². The molecule has 0 aliphatic rings. The SMILES string of the molecule is CNC(=O)c1ccc(CNC(=O)c2[nH]c(C)c(C(=O)OC(C)C)c2C)cc1. The van der Waals surface area contributed by atoms with Gasteiger partial charge in [0.2, 0.25) is 0 Å². The van der Waals surface area contributed by atoms with Crippen molar-refractivity contribution in [1.82, 2.24) is 15.6 Å². The van der Waals surface area contributed by atoms with E-state index < -0.39 is 5.97 Å². The maximum atomic E-state index is 12.5. The minimum absolute atomic E-state index is 0.163. The Hall–Kier alpha value is -3.09. The van der Waals surface area contributed by atoms with Gasteiger partial charge in [0.15, 0.2) is 0 Å². The molecule has 1 aromatic heterocycles. The zero-order valence-electron chi connectivity index (χ0n) is 16.2. The van der Waals surface area contributed by atoms with Gasteiger partial charge in [0.25, 0.3) is 11.8 Å². The highest BCUT2D eigenvalue weighted by Crippen LogP contribution is 2.19. The molecule has 0 saturated heterocycles. The van der Waals surface area contributed by atoms with Gasteiger partial charge in [-0.3, -0.25) is 9.59 Å². The Labute approximate surface area is 158 Å². The lowest BCUT2D eigenvalue weighted by Gasteiger charge is -2.08. The molecule has 1 heterocycles. The summed E-state index contributed by atoms with van der Waals surface area (Å²) in [7, 11) is 1.57. The van der Waals surface area contributed by atoms with Gasteiger partial charge in [-0.25, -0.2) is 4.79 Å². The molecule has 0 radical (unpaired) electrons. The minimum Gasteiger partial charge on any atom is -0.459 e. The number of ether oxygens (including phenoxy) is 1. The molecule has 7 heteroatoms. The molecular weight excluding hydrogens is 346 g/mol. The molecule has 0 saturated carbocycles. The van der Waals surface area contributed by atoms with Crippen molar-refractivity contribution in [3.63, 3.8) is 0 Å². The second kappa shape index (κ2) is 8.53. The summed E-state index contributed by atoms with van der Waals surface area (Å²) in [4.78, 5) is 39.2. The van der Waals surface area contributed by atoms with Gasteiger partial charge in [-0.2, -0.15) is 0 Å². The summed E-state index contributed by atoms with van der Waals surface area (Å²) in [5, 5.41) is 5.37. The van der Waals surface area contributed by atoms with Crippen LogP contribution < -0.4 is 10.6 Å². The van der Waals surface area contributed by atoms with Crippen LogP contribution in [0.2, 0.25) is 0 Å². The van der Waals surface area contributed by atoms with E-state index in [1.807, 2.05) is 0 Å². The molecule has 3 N–H and O–H groups in total. The van der Waals surface area contributed by atoms with Gasteiger partial charge < -0.3 is 20.4 Å². The van der Waals surface area contributed by atoms with Crippen LogP contribution in [0.5, 0.6) is 0 Å². The zero-order valence-corrected chi connectivity index (χ0v) is 16.2. The van der Waals surface area contributed by atoms with Crippen LogP contribution in [0.3, 0.4) is 0 Å². The third kappa shape index (κ3) is 4.75. The maximum absolute atomic E-state index is 12.5. The Balaban J connectivity index is 2.08. The third-order valence-corrected chi connectivity index (χ3v) is 4.11. The summed E-state index contributed by atoms with van der Waals surface area (Å²) in [6, 6.07) is 6.96. The number of nitrogens with one attached hydrogen (secondary N) is 3. The first-order chi connectivity index (χ1) is 12.7. The number of carbonyl (C=O) groups excluding carboxylic acids is 3. The molecule has 0 aliphatic heterocycles. The first-order valence-electron chi connectivity index (χ1n) is 8.74. The number of esters is 1. The number of rotatable bonds is 6. The molecule has 27 heavy (non-hydrogen) atoms. The molecule has 2 rings (SSSR count). The van der Waals surface area contributed by atoms with Crippen LogP contribution in [0, 0.1) is 13.8 Å². The number of hydrogen-bond donors (Lipinski definition) is 3. The number of aromatic nitrogens is 1. The van der Waals surface area contributed by atoms with E-state index in [0.717, 1.165) is 5.56 Å². The molecular formula is C20H25N3O4. The average Bonchev–Trinajstić information content (AvgIpc) is 2.93. The number of hydrogen-bond acceptors (Lipinski definition) is 4. The maximum Gasteiger partial charge on any atom is 0.340 e. The third-order valence-electron chi connectivity index (χ3n) is 4.11. The van der Waals surface area contributed by atoms with Gasteiger partial charge in [-0.15, -0.1) is 0 Å². The van der Waals surface area contributed by atoms with Crippen LogP contribution in [-0.2, 0) is 11.3 Å². The highest BCUT2D eigenvalue weighted by atomic mass is 16.5. The molecule has 0 atom stereocenters. The van der Waals surface area contributed by atoms with Gasteiger partial charge in [0, 0.05) is 24.8 Å². The minimum atomic E-state index is -0.444. The predicted molar refractivity (Wildman–Crippen MR) is 102 cm³/mol. The monoisotopic (exact) mass is 371 g/mol. The van der Waals surface area contributed by atoms with Crippen LogP contribution in [0.4, 0.5) is 0 Å². The van der Waals surface area contributed by atoms with Crippen molar-refractivity contribution in [2.75, 3.05) is 7.05 Å². The molecule has 144 valence electrons. The number of carbonyl (C=O) groups is 3. The normalized spacial score (nSPS) is 10.6. The van der Waals surface area contributed by atoms with E-state index in [9.17, 15) is 14.4 Å². The fraction of sp³-hybridized carbons (Fsp3) is 0.350. The molecule has 0 aliphatic carbocycles. The van der Waals surface area contributed by atoms with Gasteiger partial charge in [-0.05, 0) is 51.0 Å². The van der Waals surface area contributed by atoms with Crippen LogP contribution >= 0.6 is 0 Å². The van der Waals surface area contributed by atoms with Gasteiger partial charge in [0.1, 0.15) is 5.69 Å².